The summed E-state index contributed by atoms with van der Waals surface area (Å²) in [6.07, 6.45) is 1.94. The second-order valence-corrected chi connectivity index (χ2v) is 9.86. The molecule has 38 heavy (non-hydrogen) atoms. The summed E-state index contributed by atoms with van der Waals surface area (Å²) in [5.41, 5.74) is 3.98. The van der Waals surface area contributed by atoms with Crippen LogP contribution in [-0.2, 0) is 30.6 Å². The number of amides is 4. The number of benzene rings is 2. The fourth-order valence-corrected chi connectivity index (χ4v) is 4.38. The van der Waals surface area contributed by atoms with Crippen molar-refractivity contribution in [1.29, 1.82) is 0 Å². The van der Waals surface area contributed by atoms with Crippen molar-refractivity contribution in [1.82, 2.24) is 15.7 Å². The molecule has 3 rings (SSSR count). The normalized spacial score (nSPS) is 15.1. The fraction of sp³-hybridized carbons (Fsp3) is 0.296. The molecule has 1 aliphatic rings. The molecule has 4 amide bonds. The van der Waals surface area contributed by atoms with Gasteiger partial charge in [-0.05, 0) is 53.4 Å². The molecule has 0 spiro atoms. The number of nitrogens with zero attached hydrogens (tertiary/aromatic N) is 1. The van der Waals surface area contributed by atoms with Crippen LogP contribution in [0.25, 0.3) is 6.08 Å². The van der Waals surface area contributed by atoms with E-state index in [9.17, 15) is 24.0 Å². The average Bonchev–Trinajstić information content (AvgIpc) is 3.15. The number of esters is 1. The molecular weight excluding hydrogens is 510 g/mol. The first kappa shape index (κ1) is 28.6. The molecule has 1 fully saturated rings. The largest absolute Gasteiger partial charge is 0.467 e. The minimum absolute atomic E-state index is 0.142. The van der Waals surface area contributed by atoms with Crippen LogP contribution in [0, 0.1) is 5.92 Å². The molecule has 11 heteroatoms. The SMILES string of the molecule is COC(=O)[C@H](CC(C)C)NC(=O)c1ccc(/C=C2\SC(=O)N(CC(=O)NOCc3ccccc3)C2=O)cc1. The minimum Gasteiger partial charge on any atom is -0.467 e. The average molecular weight is 540 g/mol. The number of methoxy groups -OCH3 is 1. The van der Waals surface area contributed by atoms with Gasteiger partial charge in [0.05, 0.1) is 18.6 Å². The van der Waals surface area contributed by atoms with E-state index in [1.807, 2.05) is 44.2 Å². The van der Waals surface area contributed by atoms with E-state index in [1.165, 1.54) is 13.2 Å². The number of hydrogen-bond acceptors (Lipinski definition) is 8. The standard InChI is InChI=1S/C27H29N3O7S/c1-17(2)13-21(26(34)36-3)28-24(32)20-11-9-18(10-12-20)14-22-25(33)30(27(35)38-22)15-23(31)29-37-16-19-7-5-4-6-8-19/h4-12,14,17,21H,13,15-16H2,1-3H3,(H,28,32)(H,29,31)/b22-14-/t21-/m0/s1. The number of hydroxylamine groups is 1. The maximum absolute atomic E-state index is 12.7. The quantitative estimate of drug-likeness (QED) is 0.253. The van der Waals surface area contributed by atoms with Gasteiger partial charge in [-0.25, -0.2) is 10.3 Å². The first-order valence-electron chi connectivity index (χ1n) is 11.9. The highest BCUT2D eigenvalue weighted by Crippen LogP contribution is 2.32. The molecule has 1 atom stereocenters. The smallest absolute Gasteiger partial charge is 0.328 e. The summed E-state index contributed by atoms with van der Waals surface area (Å²) in [7, 11) is 1.27. The third-order valence-corrected chi connectivity index (χ3v) is 6.32. The van der Waals surface area contributed by atoms with E-state index in [-0.39, 0.29) is 17.4 Å². The summed E-state index contributed by atoms with van der Waals surface area (Å²) in [5.74, 6) is -2.02. The van der Waals surface area contributed by atoms with Crippen LogP contribution in [0.5, 0.6) is 0 Å². The van der Waals surface area contributed by atoms with Gasteiger partial charge in [-0.3, -0.25) is 28.9 Å². The Labute approximate surface area is 224 Å². The highest BCUT2D eigenvalue weighted by Gasteiger charge is 2.36. The zero-order chi connectivity index (χ0) is 27.7. The number of carbonyl (C=O) groups is 5. The van der Waals surface area contributed by atoms with E-state index >= 15 is 0 Å². The molecule has 2 aromatic rings. The summed E-state index contributed by atoms with van der Waals surface area (Å²) in [5, 5.41) is 2.11. The minimum atomic E-state index is -0.764. The second kappa shape index (κ2) is 13.5. The molecule has 0 aliphatic carbocycles. The van der Waals surface area contributed by atoms with E-state index in [0.29, 0.717) is 29.3 Å². The number of carbonyl (C=O) groups excluding carboxylic acids is 5. The Morgan fingerprint density at radius 3 is 2.34 bits per heavy atom. The van der Waals surface area contributed by atoms with Crippen molar-refractivity contribution in [2.75, 3.05) is 13.7 Å². The third-order valence-electron chi connectivity index (χ3n) is 5.41. The lowest BCUT2D eigenvalue weighted by molar-refractivity contribution is -0.143. The predicted octanol–water partition coefficient (Wildman–Crippen LogP) is 3.29. The van der Waals surface area contributed by atoms with Crippen molar-refractivity contribution in [2.45, 2.75) is 32.9 Å². The molecule has 0 saturated carbocycles. The second-order valence-electron chi connectivity index (χ2n) is 8.87. The third kappa shape index (κ3) is 8.02. The van der Waals surface area contributed by atoms with Crippen LogP contribution in [-0.4, -0.2) is 53.5 Å². The van der Waals surface area contributed by atoms with Crippen LogP contribution < -0.4 is 10.8 Å². The Balaban J connectivity index is 1.57. The van der Waals surface area contributed by atoms with Crippen LogP contribution in [0.15, 0.2) is 59.5 Å². The van der Waals surface area contributed by atoms with E-state index < -0.39 is 41.5 Å². The van der Waals surface area contributed by atoms with Crippen molar-refractivity contribution in [3.8, 4) is 0 Å². The molecule has 1 aliphatic heterocycles. The summed E-state index contributed by atoms with van der Waals surface area (Å²) in [6.45, 7) is 3.53. The number of nitrogens with one attached hydrogen (secondary N) is 2. The summed E-state index contributed by atoms with van der Waals surface area (Å²) in [4.78, 5) is 67.9. The van der Waals surface area contributed by atoms with Crippen molar-refractivity contribution in [3.05, 3.63) is 76.2 Å². The van der Waals surface area contributed by atoms with Crippen LogP contribution >= 0.6 is 11.8 Å². The molecular formula is C27H29N3O7S. The van der Waals surface area contributed by atoms with E-state index in [1.54, 1.807) is 24.3 Å². The Kier molecular flexibility index (Phi) is 10.2. The molecule has 1 heterocycles. The Hall–Kier alpha value is -3.96. The molecule has 1 saturated heterocycles. The summed E-state index contributed by atoms with van der Waals surface area (Å²) >= 11 is 0.717. The molecule has 0 radical (unpaired) electrons. The highest BCUT2D eigenvalue weighted by atomic mass is 32.2. The van der Waals surface area contributed by atoms with Crippen molar-refractivity contribution in [2.24, 2.45) is 5.92 Å². The van der Waals surface area contributed by atoms with E-state index in [2.05, 4.69) is 10.8 Å². The van der Waals surface area contributed by atoms with Crippen molar-refractivity contribution < 1.29 is 33.5 Å². The van der Waals surface area contributed by atoms with Gasteiger partial charge in [0.25, 0.3) is 23.0 Å². The monoisotopic (exact) mass is 539 g/mol. The summed E-state index contributed by atoms with van der Waals surface area (Å²) < 4.78 is 4.77. The number of thioether (sulfide) groups is 1. The zero-order valence-electron chi connectivity index (χ0n) is 21.3. The van der Waals surface area contributed by atoms with Crippen LogP contribution in [0.4, 0.5) is 4.79 Å². The summed E-state index contributed by atoms with van der Waals surface area (Å²) in [6, 6.07) is 14.8. The lowest BCUT2D eigenvalue weighted by atomic mass is 10.0. The molecule has 0 unspecified atom stereocenters. The predicted molar refractivity (Wildman–Crippen MR) is 141 cm³/mol. The molecule has 2 N–H and O–H groups in total. The zero-order valence-corrected chi connectivity index (χ0v) is 22.1. The Bertz CT molecular complexity index is 1210. The van der Waals surface area contributed by atoms with Gasteiger partial charge in [-0.2, -0.15) is 0 Å². The number of rotatable bonds is 11. The van der Waals surface area contributed by atoms with Crippen molar-refractivity contribution >= 4 is 46.8 Å². The lowest BCUT2D eigenvalue weighted by Crippen LogP contribution is -2.42. The van der Waals surface area contributed by atoms with Crippen molar-refractivity contribution in [3.63, 3.8) is 0 Å². The van der Waals surface area contributed by atoms with E-state index in [4.69, 9.17) is 9.57 Å². The molecule has 10 nitrogen and oxygen atoms in total. The van der Waals surface area contributed by atoms with Crippen LogP contribution in [0.2, 0.25) is 0 Å². The maximum atomic E-state index is 12.7. The van der Waals surface area contributed by atoms with E-state index in [0.717, 1.165) is 10.5 Å². The van der Waals surface area contributed by atoms with Crippen LogP contribution in [0.3, 0.4) is 0 Å². The maximum Gasteiger partial charge on any atom is 0.328 e. The number of ether oxygens (including phenoxy) is 1. The van der Waals surface area contributed by atoms with Gasteiger partial charge in [0.2, 0.25) is 0 Å². The fourth-order valence-electron chi connectivity index (χ4n) is 3.54. The molecule has 200 valence electrons. The first-order valence-corrected chi connectivity index (χ1v) is 12.7. The molecule has 0 bridgehead atoms. The van der Waals surface area contributed by atoms with Gasteiger partial charge in [0.1, 0.15) is 12.6 Å². The Morgan fingerprint density at radius 2 is 1.71 bits per heavy atom. The topological polar surface area (TPSA) is 131 Å². The van der Waals surface area contributed by atoms with Crippen LogP contribution in [0.1, 0.15) is 41.8 Å². The molecule has 0 aromatic heterocycles. The number of hydrogen-bond donors (Lipinski definition) is 2. The van der Waals surface area contributed by atoms with Gasteiger partial charge in [-0.1, -0.05) is 56.3 Å². The van der Waals surface area contributed by atoms with Gasteiger partial charge in [0.15, 0.2) is 0 Å². The van der Waals surface area contributed by atoms with Gasteiger partial charge < -0.3 is 10.1 Å². The number of imide groups is 1. The van der Waals surface area contributed by atoms with Gasteiger partial charge in [0, 0.05) is 5.56 Å². The van der Waals surface area contributed by atoms with Gasteiger partial charge >= 0.3 is 5.97 Å². The molecule has 2 aromatic carbocycles. The first-order chi connectivity index (χ1) is 18.2. The lowest BCUT2D eigenvalue weighted by Gasteiger charge is -2.18. The van der Waals surface area contributed by atoms with Gasteiger partial charge in [-0.15, -0.1) is 0 Å². The Morgan fingerprint density at radius 1 is 1.03 bits per heavy atom. The highest BCUT2D eigenvalue weighted by molar-refractivity contribution is 8.18.